The molecule has 1 aromatic rings. The summed E-state index contributed by atoms with van der Waals surface area (Å²) in [6, 6.07) is 4.41. The van der Waals surface area contributed by atoms with Gasteiger partial charge in [0.15, 0.2) is 0 Å². The molecule has 6 heteroatoms. The van der Waals surface area contributed by atoms with E-state index >= 15 is 0 Å². The van der Waals surface area contributed by atoms with Crippen molar-refractivity contribution in [2.24, 2.45) is 0 Å². The van der Waals surface area contributed by atoms with Gasteiger partial charge < -0.3 is 10.1 Å². The van der Waals surface area contributed by atoms with Crippen LogP contribution >= 0.6 is 23.4 Å². The fraction of sp³-hybridized carbons (Fsp3) is 0.500. The molecule has 1 heterocycles. The normalized spacial score (nSPS) is 21.9. The maximum absolute atomic E-state index is 13.6. The van der Waals surface area contributed by atoms with E-state index in [1.807, 2.05) is 11.8 Å². The Hall–Kier alpha value is -0.780. The molecule has 1 saturated heterocycles. The number of methoxy groups -OCH3 is 1. The average molecular weight is 318 g/mol. The van der Waals surface area contributed by atoms with E-state index < -0.39 is 5.82 Å². The number of benzene rings is 1. The van der Waals surface area contributed by atoms with Crippen molar-refractivity contribution in [3.05, 3.63) is 34.6 Å². The van der Waals surface area contributed by atoms with Crippen LogP contribution in [0.4, 0.5) is 4.39 Å². The van der Waals surface area contributed by atoms with E-state index in [2.05, 4.69) is 5.32 Å². The highest BCUT2D eigenvalue weighted by molar-refractivity contribution is 7.99. The quantitative estimate of drug-likeness (QED) is 0.907. The minimum atomic E-state index is -0.453. The summed E-state index contributed by atoms with van der Waals surface area (Å²) >= 11 is 7.72. The summed E-state index contributed by atoms with van der Waals surface area (Å²) in [4.78, 5) is 11.9. The molecule has 2 rings (SSSR count). The summed E-state index contributed by atoms with van der Waals surface area (Å²) < 4.78 is 19.1. The van der Waals surface area contributed by atoms with Crippen LogP contribution in [0.3, 0.4) is 0 Å². The second-order valence-electron chi connectivity index (χ2n) is 4.84. The number of carbonyl (C=O) groups is 1. The lowest BCUT2D eigenvalue weighted by Crippen LogP contribution is -2.45. The summed E-state index contributed by atoms with van der Waals surface area (Å²) in [6.45, 7) is 0.446. The van der Waals surface area contributed by atoms with Crippen LogP contribution in [0.25, 0.3) is 0 Å². The summed E-state index contributed by atoms with van der Waals surface area (Å²) in [7, 11) is 1.66. The minimum absolute atomic E-state index is 0.0571. The monoisotopic (exact) mass is 317 g/mol. The largest absolute Gasteiger partial charge is 0.376 e. The number of rotatable bonds is 5. The lowest BCUT2D eigenvalue weighted by Gasteiger charge is -2.26. The van der Waals surface area contributed by atoms with Crippen molar-refractivity contribution in [3.63, 3.8) is 0 Å². The second kappa shape index (κ2) is 6.78. The molecule has 0 bridgehead atoms. The van der Waals surface area contributed by atoms with Crippen molar-refractivity contribution in [2.75, 3.05) is 25.2 Å². The van der Waals surface area contributed by atoms with Gasteiger partial charge in [-0.3, -0.25) is 4.79 Å². The number of amides is 1. The highest BCUT2D eigenvalue weighted by atomic mass is 35.5. The first-order chi connectivity index (χ1) is 9.56. The molecule has 1 aromatic carbocycles. The Labute approximate surface area is 127 Å². The maximum atomic E-state index is 13.6. The van der Waals surface area contributed by atoms with Crippen LogP contribution in [0.2, 0.25) is 5.02 Å². The summed E-state index contributed by atoms with van der Waals surface area (Å²) in [6.07, 6.45) is 0.855. The Morgan fingerprint density at radius 1 is 1.60 bits per heavy atom. The lowest BCUT2D eigenvalue weighted by molar-refractivity contribution is -0.121. The molecule has 1 fully saturated rings. The third-order valence-electron chi connectivity index (χ3n) is 3.51. The highest BCUT2D eigenvalue weighted by Gasteiger charge is 2.34. The number of ether oxygens (including phenoxy) is 1. The molecule has 3 nitrogen and oxygen atoms in total. The third-order valence-corrected chi connectivity index (χ3v) is 5.08. The van der Waals surface area contributed by atoms with Gasteiger partial charge in [0.25, 0.3) is 0 Å². The zero-order valence-corrected chi connectivity index (χ0v) is 12.8. The number of thioether (sulfide) groups is 1. The van der Waals surface area contributed by atoms with Crippen molar-refractivity contribution < 1.29 is 13.9 Å². The van der Waals surface area contributed by atoms with Crippen molar-refractivity contribution in [1.82, 2.24) is 5.32 Å². The molecule has 1 aliphatic rings. The Balaban J connectivity index is 1.93. The smallest absolute Gasteiger partial charge is 0.224 e. The molecule has 20 heavy (non-hydrogen) atoms. The first-order valence-electron chi connectivity index (χ1n) is 6.39. The van der Waals surface area contributed by atoms with Gasteiger partial charge >= 0.3 is 0 Å². The fourth-order valence-electron chi connectivity index (χ4n) is 2.15. The van der Waals surface area contributed by atoms with E-state index in [0.717, 1.165) is 17.9 Å². The van der Waals surface area contributed by atoms with Crippen LogP contribution in [-0.4, -0.2) is 36.7 Å². The number of hydrogen-bond donors (Lipinski definition) is 1. The first-order valence-corrected chi connectivity index (χ1v) is 7.92. The van der Waals surface area contributed by atoms with Crippen LogP contribution < -0.4 is 5.32 Å². The van der Waals surface area contributed by atoms with E-state index in [9.17, 15) is 9.18 Å². The van der Waals surface area contributed by atoms with Crippen LogP contribution in [-0.2, 0) is 16.0 Å². The van der Waals surface area contributed by atoms with Crippen molar-refractivity contribution >= 4 is 29.3 Å². The predicted molar refractivity (Wildman–Crippen MR) is 79.8 cm³/mol. The summed E-state index contributed by atoms with van der Waals surface area (Å²) in [5.41, 5.74) is -0.0572. The van der Waals surface area contributed by atoms with E-state index in [1.54, 1.807) is 13.2 Å². The Morgan fingerprint density at radius 2 is 2.40 bits per heavy atom. The Kier molecular flexibility index (Phi) is 5.29. The zero-order valence-electron chi connectivity index (χ0n) is 11.2. The molecule has 1 aliphatic heterocycles. The molecular weight excluding hydrogens is 301 g/mol. The number of carbonyl (C=O) groups excluding carboxylic acids is 1. The van der Waals surface area contributed by atoms with Gasteiger partial charge in [-0.15, -0.1) is 0 Å². The summed E-state index contributed by atoms with van der Waals surface area (Å²) in [5, 5.41) is 3.09. The van der Waals surface area contributed by atoms with Crippen LogP contribution in [0.5, 0.6) is 0 Å². The second-order valence-corrected chi connectivity index (χ2v) is 6.36. The van der Waals surface area contributed by atoms with Gasteiger partial charge in [-0.2, -0.15) is 11.8 Å². The molecule has 1 N–H and O–H groups in total. The van der Waals surface area contributed by atoms with Gasteiger partial charge in [0, 0.05) is 30.0 Å². The average Bonchev–Trinajstić information content (AvgIpc) is 2.90. The summed E-state index contributed by atoms with van der Waals surface area (Å²) in [5.74, 6) is 1.20. The fourth-order valence-corrected chi connectivity index (χ4v) is 3.77. The minimum Gasteiger partial charge on any atom is -0.376 e. The van der Waals surface area contributed by atoms with Crippen molar-refractivity contribution in [3.8, 4) is 0 Å². The van der Waals surface area contributed by atoms with E-state index in [4.69, 9.17) is 16.3 Å². The molecular formula is C14H17ClFNO2S. The molecule has 0 aliphatic carbocycles. The molecule has 0 aromatic heterocycles. The first kappa shape index (κ1) is 15.6. The zero-order chi connectivity index (χ0) is 14.6. The number of hydrogen-bond acceptors (Lipinski definition) is 3. The molecule has 0 spiro atoms. The van der Waals surface area contributed by atoms with Crippen molar-refractivity contribution in [2.45, 2.75) is 18.4 Å². The van der Waals surface area contributed by atoms with E-state index in [-0.39, 0.29) is 28.5 Å². The highest BCUT2D eigenvalue weighted by Crippen LogP contribution is 2.30. The molecule has 1 atom stereocenters. The molecule has 0 unspecified atom stereocenters. The van der Waals surface area contributed by atoms with E-state index in [0.29, 0.717) is 6.54 Å². The van der Waals surface area contributed by atoms with Gasteiger partial charge in [0.2, 0.25) is 5.91 Å². The van der Waals surface area contributed by atoms with Gasteiger partial charge in [-0.05, 0) is 24.3 Å². The van der Waals surface area contributed by atoms with Crippen LogP contribution in [0.1, 0.15) is 12.0 Å². The maximum Gasteiger partial charge on any atom is 0.224 e. The standard InChI is InChI=1S/C14H17ClFNO2S/c1-19-14(5-6-20-9-14)8-17-13(18)7-10-11(15)3-2-4-12(10)16/h2-4H,5-9H2,1H3,(H,17,18)/t14-/m0/s1. The predicted octanol–water partition coefficient (Wildman–Crippen LogP) is 2.66. The number of nitrogens with one attached hydrogen (secondary N) is 1. The topological polar surface area (TPSA) is 38.3 Å². The van der Waals surface area contributed by atoms with Crippen molar-refractivity contribution in [1.29, 1.82) is 0 Å². The SMILES string of the molecule is CO[C@]1(CNC(=O)Cc2c(F)cccc2Cl)CCSC1. The molecule has 110 valence electrons. The van der Waals surface area contributed by atoms with Gasteiger partial charge in [-0.1, -0.05) is 17.7 Å². The molecule has 0 saturated carbocycles. The van der Waals surface area contributed by atoms with Crippen LogP contribution in [0, 0.1) is 5.82 Å². The third kappa shape index (κ3) is 3.65. The lowest BCUT2D eigenvalue weighted by atomic mass is 10.0. The molecule has 0 radical (unpaired) electrons. The number of halogens is 2. The van der Waals surface area contributed by atoms with Gasteiger partial charge in [0.1, 0.15) is 5.82 Å². The molecule has 1 amide bonds. The Bertz CT molecular complexity index is 472. The van der Waals surface area contributed by atoms with Gasteiger partial charge in [-0.25, -0.2) is 4.39 Å². The van der Waals surface area contributed by atoms with E-state index in [1.165, 1.54) is 12.1 Å². The Morgan fingerprint density at radius 3 is 3.00 bits per heavy atom. The van der Waals surface area contributed by atoms with Crippen LogP contribution in [0.15, 0.2) is 18.2 Å². The van der Waals surface area contributed by atoms with Gasteiger partial charge in [0.05, 0.1) is 12.0 Å².